The first-order valence-electron chi connectivity index (χ1n) is 13.0. The Bertz CT molecular complexity index is 451. The highest BCUT2D eigenvalue weighted by Crippen LogP contribution is 2.16. The molecule has 0 amide bonds. The zero-order chi connectivity index (χ0) is 23.4. The molecule has 0 saturated carbocycles. The number of quaternary nitrogens is 1. The lowest BCUT2D eigenvalue weighted by atomic mass is 10.0. The predicted octanol–water partition coefficient (Wildman–Crippen LogP) is 5.40. The normalized spacial score (nSPS) is 12.6. The molecule has 0 aromatic carbocycles. The summed E-state index contributed by atoms with van der Waals surface area (Å²) in [7, 11) is 4.33. The fourth-order valence-corrected chi connectivity index (χ4v) is 4.26. The van der Waals surface area contributed by atoms with E-state index in [2.05, 4.69) is 21.0 Å². The third kappa shape index (κ3) is 21.9. The minimum Gasteiger partial charge on any atom is -0.550 e. The van der Waals surface area contributed by atoms with Gasteiger partial charge in [-0.25, -0.2) is 0 Å². The van der Waals surface area contributed by atoms with Gasteiger partial charge in [-0.1, -0.05) is 77.6 Å². The molecule has 0 fully saturated rings. The van der Waals surface area contributed by atoms with Gasteiger partial charge in [0.25, 0.3) is 0 Å². The summed E-state index contributed by atoms with van der Waals surface area (Å²) < 4.78 is 6.40. The van der Waals surface area contributed by atoms with E-state index in [0.717, 1.165) is 43.3 Å². The highest BCUT2D eigenvalue weighted by molar-refractivity contribution is 5.66. The van der Waals surface area contributed by atoms with E-state index in [4.69, 9.17) is 4.74 Å². The minimum atomic E-state index is -0.967. The molecule has 0 radical (unpaired) electrons. The van der Waals surface area contributed by atoms with E-state index in [-0.39, 0.29) is 18.5 Å². The Morgan fingerprint density at radius 1 is 0.774 bits per heavy atom. The van der Waals surface area contributed by atoms with Crippen LogP contribution in [-0.2, 0) is 14.3 Å². The maximum Gasteiger partial charge on any atom is 0.303 e. The summed E-state index contributed by atoms with van der Waals surface area (Å²) in [5.41, 5.74) is 0. The van der Waals surface area contributed by atoms with E-state index < -0.39 is 5.97 Å². The molecule has 0 heterocycles. The zero-order valence-electron chi connectivity index (χ0n) is 21.1. The largest absolute Gasteiger partial charge is 0.550 e. The molecule has 0 aliphatic rings. The van der Waals surface area contributed by atoms with Crippen molar-refractivity contribution in [1.29, 1.82) is 0 Å². The average Bonchev–Trinajstić information content (AvgIpc) is 2.67. The van der Waals surface area contributed by atoms with Crippen LogP contribution in [0.1, 0.15) is 123 Å². The van der Waals surface area contributed by atoms with Crippen LogP contribution in [-0.4, -0.2) is 49.7 Å². The zero-order valence-corrected chi connectivity index (χ0v) is 21.1. The van der Waals surface area contributed by atoms with Crippen molar-refractivity contribution in [2.45, 2.75) is 129 Å². The number of carboxylic acids is 1. The molecule has 0 aliphatic heterocycles. The molecule has 31 heavy (non-hydrogen) atoms. The summed E-state index contributed by atoms with van der Waals surface area (Å²) in [5, 5.41) is 10.5. The van der Waals surface area contributed by atoms with Crippen LogP contribution in [0.3, 0.4) is 0 Å². The third-order valence-corrected chi connectivity index (χ3v) is 6.05. The first-order valence-corrected chi connectivity index (χ1v) is 13.0. The van der Waals surface area contributed by atoms with Crippen molar-refractivity contribution in [3.05, 3.63) is 0 Å². The Balaban J connectivity index is 3.91. The monoisotopic (exact) mass is 441 g/mol. The Kier molecular flexibility index (Phi) is 18.9. The number of hydrogen-bond acceptors (Lipinski definition) is 4. The Hall–Kier alpha value is -1.10. The Morgan fingerprint density at radius 2 is 1.26 bits per heavy atom. The second kappa shape index (κ2) is 19.6. The van der Waals surface area contributed by atoms with Gasteiger partial charge in [0, 0.05) is 12.9 Å². The van der Waals surface area contributed by atoms with Crippen LogP contribution in [0, 0.1) is 0 Å². The highest BCUT2D eigenvalue weighted by atomic mass is 16.5. The molecule has 0 saturated heterocycles. The standard InChI is InChI=1S/C26H51NO4/c1-5-6-7-8-9-10-11-12-13-14-15-17-20-25(31-24(2)28)23-27(3,4)22-19-16-18-21-26(29)30/h25H,5-23H2,1-4H3. The lowest BCUT2D eigenvalue weighted by Gasteiger charge is -2.33. The molecule has 5 heteroatoms. The second-order valence-electron chi connectivity index (χ2n) is 9.93. The number of nitrogens with zero attached hydrogens (tertiary/aromatic N) is 1. The van der Waals surface area contributed by atoms with Gasteiger partial charge in [0.2, 0.25) is 0 Å². The van der Waals surface area contributed by atoms with E-state index in [1.807, 2.05) is 0 Å². The van der Waals surface area contributed by atoms with Gasteiger partial charge in [0.15, 0.2) is 6.10 Å². The maximum atomic E-state index is 11.5. The molecule has 0 spiro atoms. The molecule has 0 aromatic heterocycles. The molecule has 0 aliphatic carbocycles. The quantitative estimate of drug-likeness (QED) is 0.128. The molecular formula is C26H51NO4. The van der Waals surface area contributed by atoms with Crippen molar-refractivity contribution in [2.24, 2.45) is 0 Å². The Morgan fingerprint density at radius 3 is 1.74 bits per heavy atom. The minimum absolute atomic E-state index is 0.0289. The van der Waals surface area contributed by atoms with E-state index in [0.29, 0.717) is 6.42 Å². The number of carboxylic acid groups (broad SMARTS) is 1. The summed E-state index contributed by atoms with van der Waals surface area (Å²) >= 11 is 0. The molecule has 5 nitrogen and oxygen atoms in total. The Labute approximate surface area is 192 Å². The molecule has 1 atom stereocenters. The van der Waals surface area contributed by atoms with Crippen LogP contribution in [0.5, 0.6) is 0 Å². The average molecular weight is 442 g/mol. The van der Waals surface area contributed by atoms with Crippen LogP contribution >= 0.6 is 0 Å². The van der Waals surface area contributed by atoms with Gasteiger partial charge in [-0.3, -0.25) is 4.79 Å². The van der Waals surface area contributed by atoms with E-state index in [1.165, 1.54) is 77.6 Å². The fourth-order valence-electron chi connectivity index (χ4n) is 4.26. The van der Waals surface area contributed by atoms with Gasteiger partial charge >= 0.3 is 5.97 Å². The van der Waals surface area contributed by atoms with Crippen molar-refractivity contribution < 1.29 is 23.9 Å². The van der Waals surface area contributed by atoms with Gasteiger partial charge in [-0.2, -0.15) is 0 Å². The van der Waals surface area contributed by atoms with Crippen LogP contribution in [0.25, 0.3) is 0 Å². The van der Waals surface area contributed by atoms with Gasteiger partial charge in [0.1, 0.15) is 6.54 Å². The van der Waals surface area contributed by atoms with E-state index >= 15 is 0 Å². The van der Waals surface area contributed by atoms with Gasteiger partial charge in [-0.15, -0.1) is 0 Å². The molecule has 0 N–H and O–H groups in total. The van der Waals surface area contributed by atoms with Crippen LogP contribution in [0.15, 0.2) is 0 Å². The molecule has 0 rings (SSSR count). The van der Waals surface area contributed by atoms with Crippen molar-refractivity contribution in [3.63, 3.8) is 0 Å². The summed E-state index contributed by atoms with van der Waals surface area (Å²) in [4.78, 5) is 22.0. The number of esters is 1. The molecular weight excluding hydrogens is 390 g/mol. The summed E-state index contributed by atoms with van der Waals surface area (Å²) in [6.45, 7) is 5.54. The lowest BCUT2D eigenvalue weighted by Crippen LogP contribution is -2.47. The topological polar surface area (TPSA) is 66.4 Å². The number of carbonyl (C=O) groups excluding carboxylic acids is 2. The number of ether oxygens (including phenoxy) is 1. The number of carbonyl (C=O) groups is 2. The van der Waals surface area contributed by atoms with E-state index in [9.17, 15) is 14.7 Å². The van der Waals surface area contributed by atoms with Gasteiger partial charge < -0.3 is 19.1 Å². The molecule has 0 aromatic rings. The SMILES string of the molecule is CCCCCCCCCCCCCCC(C[N+](C)(C)CCCCCC(=O)[O-])OC(C)=O. The fraction of sp³-hybridized carbons (Fsp3) is 0.923. The summed E-state index contributed by atoms with van der Waals surface area (Å²) in [6.07, 6.45) is 19.5. The molecule has 0 bridgehead atoms. The number of rotatable bonds is 22. The van der Waals surface area contributed by atoms with Crippen LogP contribution in [0.4, 0.5) is 0 Å². The number of hydrogen-bond donors (Lipinski definition) is 0. The van der Waals surface area contributed by atoms with Crippen molar-refractivity contribution in [2.75, 3.05) is 27.2 Å². The van der Waals surface area contributed by atoms with Gasteiger partial charge in [0.05, 0.1) is 20.6 Å². The number of likely N-dealkylation sites (N-methyl/N-ethyl adjacent to an activating group) is 1. The first kappa shape index (κ1) is 29.9. The van der Waals surface area contributed by atoms with Crippen molar-refractivity contribution >= 4 is 11.9 Å². The first-order chi connectivity index (χ1) is 14.8. The second-order valence-corrected chi connectivity index (χ2v) is 9.93. The van der Waals surface area contributed by atoms with Crippen LogP contribution < -0.4 is 5.11 Å². The maximum absolute atomic E-state index is 11.5. The summed E-state index contributed by atoms with van der Waals surface area (Å²) in [6, 6.07) is 0. The molecule has 184 valence electrons. The number of aliphatic carboxylic acids is 1. The van der Waals surface area contributed by atoms with Crippen LogP contribution in [0.2, 0.25) is 0 Å². The highest BCUT2D eigenvalue weighted by Gasteiger charge is 2.23. The van der Waals surface area contributed by atoms with Gasteiger partial charge in [-0.05, 0) is 38.5 Å². The van der Waals surface area contributed by atoms with E-state index in [1.54, 1.807) is 0 Å². The smallest absolute Gasteiger partial charge is 0.303 e. The lowest BCUT2D eigenvalue weighted by molar-refractivity contribution is -0.893. The third-order valence-electron chi connectivity index (χ3n) is 6.05. The summed E-state index contributed by atoms with van der Waals surface area (Å²) in [5.74, 6) is -1.16. The van der Waals surface area contributed by atoms with Crippen molar-refractivity contribution in [1.82, 2.24) is 0 Å². The number of unbranched alkanes of at least 4 members (excludes halogenated alkanes) is 13. The predicted molar refractivity (Wildman–Crippen MR) is 127 cm³/mol. The van der Waals surface area contributed by atoms with Crippen molar-refractivity contribution in [3.8, 4) is 0 Å². The molecule has 1 unspecified atom stereocenters.